The summed E-state index contributed by atoms with van der Waals surface area (Å²) in [6.45, 7) is 1.70. The van der Waals surface area contributed by atoms with E-state index in [2.05, 4.69) is 9.71 Å². The number of aromatic nitrogens is 1. The molecule has 0 bridgehead atoms. The van der Waals surface area contributed by atoms with Crippen molar-refractivity contribution in [3.8, 4) is 0 Å². The van der Waals surface area contributed by atoms with Gasteiger partial charge in [-0.3, -0.25) is 9.71 Å². The molecule has 24 heavy (non-hydrogen) atoms. The van der Waals surface area contributed by atoms with E-state index in [1.165, 1.54) is 24.4 Å². The zero-order chi connectivity index (χ0) is 17.3. The molecule has 0 aliphatic carbocycles. The van der Waals surface area contributed by atoms with Crippen LogP contribution in [0, 0.1) is 6.92 Å². The average Bonchev–Trinajstić information content (AvgIpc) is 2.56. The average molecular weight is 342 g/mol. The molecule has 0 atom stereocenters. The molecule has 3 rings (SSSR count). The first kappa shape index (κ1) is 15.9. The zero-order valence-corrected chi connectivity index (χ0v) is 13.5. The second-order valence-corrected chi connectivity index (χ2v) is 6.92. The van der Waals surface area contributed by atoms with Crippen LogP contribution in [0.2, 0.25) is 0 Å². The lowest BCUT2D eigenvalue weighted by Crippen LogP contribution is -2.15. The van der Waals surface area contributed by atoms with Gasteiger partial charge in [-0.2, -0.15) is 0 Å². The maximum absolute atomic E-state index is 12.8. The summed E-state index contributed by atoms with van der Waals surface area (Å²) in [5, 5.41) is 9.77. The van der Waals surface area contributed by atoms with Crippen molar-refractivity contribution in [2.75, 3.05) is 4.72 Å². The second-order valence-electron chi connectivity index (χ2n) is 5.27. The monoisotopic (exact) mass is 342 g/mol. The smallest absolute Gasteiger partial charge is 0.335 e. The van der Waals surface area contributed by atoms with Crippen molar-refractivity contribution in [2.45, 2.75) is 11.8 Å². The molecule has 0 amide bonds. The van der Waals surface area contributed by atoms with Gasteiger partial charge in [-0.25, -0.2) is 13.2 Å². The van der Waals surface area contributed by atoms with Crippen LogP contribution in [-0.4, -0.2) is 24.5 Å². The molecule has 2 aromatic carbocycles. The molecule has 2 N–H and O–H groups in total. The number of rotatable bonds is 4. The minimum atomic E-state index is -3.91. The summed E-state index contributed by atoms with van der Waals surface area (Å²) in [6, 6.07) is 12.7. The third-order valence-electron chi connectivity index (χ3n) is 3.61. The molecule has 6 nitrogen and oxygen atoms in total. The number of nitrogens with zero attached hydrogens (tertiary/aromatic N) is 1. The Bertz CT molecular complexity index is 1040. The summed E-state index contributed by atoms with van der Waals surface area (Å²) < 4.78 is 28.0. The number of benzene rings is 2. The molecule has 0 fully saturated rings. The van der Waals surface area contributed by atoms with E-state index in [1.807, 2.05) is 0 Å². The Balaban J connectivity index is 2.09. The van der Waals surface area contributed by atoms with Crippen molar-refractivity contribution < 1.29 is 18.3 Å². The first-order valence-corrected chi connectivity index (χ1v) is 8.57. The maximum atomic E-state index is 12.8. The van der Waals surface area contributed by atoms with Crippen molar-refractivity contribution in [1.29, 1.82) is 0 Å². The standard InChI is InChI=1S/C17H14N2O4S/c1-11-7-8-13(17(20)21)10-14(11)19-24(22,23)15-6-2-4-12-5-3-9-18-16(12)15/h2-10,19H,1H3,(H,20,21). The fourth-order valence-corrected chi connectivity index (χ4v) is 3.66. The number of para-hydroxylation sites is 1. The van der Waals surface area contributed by atoms with Crippen LogP contribution in [0.25, 0.3) is 10.9 Å². The summed E-state index contributed by atoms with van der Waals surface area (Å²) in [6.07, 6.45) is 1.53. The lowest BCUT2D eigenvalue weighted by Gasteiger charge is -2.12. The normalized spacial score (nSPS) is 11.4. The highest BCUT2D eigenvalue weighted by Crippen LogP contribution is 2.25. The summed E-state index contributed by atoms with van der Waals surface area (Å²) >= 11 is 0. The minimum absolute atomic E-state index is 0.00865. The lowest BCUT2D eigenvalue weighted by molar-refractivity contribution is 0.0697. The van der Waals surface area contributed by atoms with E-state index in [-0.39, 0.29) is 16.1 Å². The number of carbonyl (C=O) groups is 1. The van der Waals surface area contributed by atoms with Crippen LogP contribution >= 0.6 is 0 Å². The van der Waals surface area contributed by atoms with Crippen LogP contribution in [0.1, 0.15) is 15.9 Å². The fraction of sp³-hybridized carbons (Fsp3) is 0.0588. The minimum Gasteiger partial charge on any atom is -0.478 e. The van der Waals surface area contributed by atoms with Gasteiger partial charge in [-0.15, -0.1) is 0 Å². The molecule has 1 aromatic heterocycles. The Morgan fingerprint density at radius 3 is 2.62 bits per heavy atom. The van der Waals surface area contributed by atoms with Gasteiger partial charge in [0.25, 0.3) is 10.0 Å². The van der Waals surface area contributed by atoms with Gasteiger partial charge in [0.15, 0.2) is 0 Å². The number of hydrogen-bond donors (Lipinski definition) is 2. The molecule has 1 heterocycles. The summed E-state index contributed by atoms with van der Waals surface area (Å²) in [7, 11) is -3.91. The highest BCUT2D eigenvalue weighted by atomic mass is 32.2. The van der Waals surface area contributed by atoms with Gasteiger partial charge in [0.1, 0.15) is 4.90 Å². The van der Waals surface area contributed by atoms with Crippen molar-refractivity contribution in [3.05, 3.63) is 65.9 Å². The first-order valence-electron chi connectivity index (χ1n) is 7.09. The Labute approximate surface area is 138 Å². The van der Waals surface area contributed by atoms with E-state index in [0.29, 0.717) is 16.5 Å². The van der Waals surface area contributed by atoms with Gasteiger partial charge in [-0.05, 0) is 36.8 Å². The van der Waals surface area contributed by atoms with Gasteiger partial charge in [0, 0.05) is 11.6 Å². The molecular formula is C17H14N2O4S. The fourth-order valence-electron chi connectivity index (χ4n) is 2.36. The van der Waals surface area contributed by atoms with Crippen LogP contribution in [0.5, 0.6) is 0 Å². The van der Waals surface area contributed by atoms with E-state index in [4.69, 9.17) is 5.11 Å². The van der Waals surface area contributed by atoms with Crippen LogP contribution < -0.4 is 4.72 Å². The van der Waals surface area contributed by atoms with Gasteiger partial charge in [0.2, 0.25) is 0 Å². The number of aromatic carboxylic acids is 1. The molecule has 0 saturated heterocycles. The third-order valence-corrected chi connectivity index (χ3v) is 5.01. The van der Waals surface area contributed by atoms with Crippen molar-refractivity contribution >= 4 is 32.6 Å². The number of aryl methyl sites for hydroxylation is 1. The molecule has 0 saturated carbocycles. The molecule has 0 unspecified atom stereocenters. The molecule has 7 heteroatoms. The zero-order valence-electron chi connectivity index (χ0n) is 12.7. The second kappa shape index (κ2) is 5.93. The van der Waals surface area contributed by atoms with Crippen molar-refractivity contribution in [3.63, 3.8) is 0 Å². The number of fused-ring (bicyclic) bond motifs is 1. The highest BCUT2D eigenvalue weighted by molar-refractivity contribution is 7.93. The van der Waals surface area contributed by atoms with Gasteiger partial charge < -0.3 is 5.11 Å². The van der Waals surface area contributed by atoms with Crippen LogP contribution in [-0.2, 0) is 10.0 Å². The van der Waals surface area contributed by atoms with Gasteiger partial charge >= 0.3 is 5.97 Å². The number of anilines is 1. The Morgan fingerprint density at radius 2 is 1.88 bits per heavy atom. The van der Waals surface area contributed by atoms with E-state index in [9.17, 15) is 13.2 Å². The van der Waals surface area contributed by atoms with E-state index in [0.717, 1.165) is 0 Å². The third kappa shape index (κ3) is 2.93. The van der Waals surface area contributed by atoms with E-state index in [1.54, 1.807) is 37.3 Å². The van der Waals surface area contributed by atoms with Crippen LogP contribution in [0.15, 0.2) is 59.6 Å². The summed E-state index contributed by atoms with van der Waals surface area (Å²) in [5.74, 6) is -1.12. The van der Waals surface area contributed by atoms with Gasteiger partial charge in [0.05, 0.1) is 16.8 Å². The highest BCUT2D eigenvalue weighted by Gasteiger charge is 2.19. The largest absolute Gasteiger partial charge is 0.478 e. The topological polar surface area (TPSA) is 96.4 Å². The number of pyridine rings is 1. The quantitative estimate of drug-likeness (QED) is 0.759. The molecule has 0 aliphatic rings. The number of carboxylic acid groups (broad SMARTS) is 1. The number of nitrogens with one attached hydrogen (secondary N) is 1. The predicted octanol–water partition coefficient (Wildman–Crippen LogP) is 3.04. The summed E-state index contributed by atoms with van der Waals surface area (Å²) in [5.41, 5.74) is 1.22. The van der Waals surface area contributed by atoms with Crippen LogP contribution in [0.3, 0.4) is 0 Å². The maximum Gasteiger partial charge on any atom is 0.335 e. The summed E-state index contributed by atoms with van der Waals surface area (Å²) in [4.78, 5) is 15.3. The molecule has 0 aliphatic heterocycles. The Kier molecular flexibility index (Phi) is 3.94. The van der Waals surface area contributed by atoms with E-state index < -0.39 is 16.0 Å². The van der Waals surface area contributed by atoms with Gasteiger partial charge in [-0.1, -0.05) is 24.3 Å². The Hall–Kier alpha value is -2.93. The van der Waals surface area contributed by atoms with Crippen molar-refractivity contribution in [1.82, 2.24) is 4.98 Å². The SMILES string of the molecule is Cc1ccc(C(=O)O)cc1NS(=O)(=O)c1cccc2cccnc12. The lowest BCUT2D eigenvalue weighted by atomic mass is 10.1. The van der Waals surface area contributed by atoms with E-state index >= 15 is 0 Å². The molecule has 3 aromatic rings. The van der Waals surface area contributed by atoms with Crippen LogP contribution in [0.4, 0.5) is 5.69 Å². The first-order chi connectivity index (χ1) is 11.4. The number of carboxylic acids is 1. The number of hydrogen-bond acceptors (Lipinski definition) is 4. The molecular weight excluding hydrogens is 328 g/mol. The molecule has 122 valence electrons. The predicted molar refractivity (Wildman–Crippen MR) is 90.7 cm³/mol. The Morgan fingerprint density at radius 1 is 1.12 bits per heavy atom. The molecule has 0 radical (unpaired) electrons. The number of sulfonamides is 1. The molecule has 0 spiro atoms. The van der Waals surface area contributed by atoms with Crippen molar-refractivity contribution in [2.24, 2.45) is 0 Å².